The van der Waals surface area contributed by atoms with Gasteiger partial charge in [-0.25, -0.2) is 0 Å². The molecule has 0 N–H and O–H groups in total. The van der Waals surface area contributed by atoms with Gasteiger partial charge in [0.2, 0.25) is 0 Å². The highest BCUT2D eigenvalue weighted by atomic mass is 79.9. The number of methoxy groups -OCH3 is 1. The summed E-state index contributed by atoms with van der Waals surface area (Å²) < 4.78 is 6.87. The summed E-state index contributed by atoms with van der Waals surface area (Å²) in [5.41, 5.74) is 2.92. The second-order valence-corrected chi connectivity index (χ2v) is 9.67. The van der Waals surface area contributed by atoms with Gasteiger partial charge in [-0.15, -0.1) is 0 Å². The Bertz CT molecular complexity index is 575. The molecule has 0 heterocycles. The fourth-order valence-electron chi connectivity index (χ4n) is 6.85. The molecule has 21 heavy (non-hydrogen) atoms. The van der Waals surface area contributed by atoms with Gasteiger partial charge >= 0.3 is 0 Å². The lowest BCUT2D eigenvalue weighted by molar-refractivity contribution is -0.110. The Morgan fingerprint density at radius 2 is 1.71 bits per heavy atom. The molecule has 2 unspecified atom stereocenters. The lowest BCUT2D eigenvalue weighted by atomic mass is 9.39. The van der Waals surface area contributed by atoms with Crippen LogP contribution in [-0.2, 0) is 5.41 Å². The number of benzene rings is 1. The van der Waals surface area contributed by atoms with E-state index < -0.39 is 0 Å². The van der Waals surface area contributed by atoms with Crippen molar-refractivity contribution in [1.29, 1.82) is 0 Å². The predicted molar refractivity (Wildman–Crippen MR) is 89.8 cm³/mol. The normalized spacial score (nSPS) is 44.1. The van der Waals surface area contributed by atoms with Crippen LogP contribution in [0.2, 0.25) is 0 Å². The van der Waals surface area contributed by atoms with Crippen molar-refractivity contribution in [2.45, 2.75) is 57.8 Å². The minimum absolute atomic E-state index is 0.356. The summed E-state index contributed by atoms with van der Waals surface area (Å²) in [5.74, 6) is 2.00. The molecule has 2 heteroatoms. The van der Waals surface area contributed by atoms with E-state index in [1.54, 1.807) is 0 Å². The molecule has 0 amide bonds. The Balaban J connectivity index is 1.84. The molecule has 0 saturated heterocycles. The third kappa shape index (κ3) is 2.09. The standard InChI is InChI=1S/C19H25BrO/c1-17-7-13-8-18(2,10-17)12-19(9-13,11-17)15-5-4-14(20)6-16(15)21-3/h4-6,13H,7-12H2,1-3H3. The van der Waals surface area contributed by atoms with E-state index in [0.717, 1.165) is 16.1 Å². The average molecular weight is 349 g/mol. The molecule has 5 rings (SSSR count). The van der Waals surface area contributed by atoms with Gasteiger partial charge in [0.1, 0.15) is 5.75 Å². The van der Waals surface area contributed by atoms with Gasteiger partial charge in [0.05, 0.1) is 7.11 Å². The van der Waals surface area contributed by atoms with Crippen LogP contribution in [0.25, 0.3) is 0 Å². The van der Waals surface area contributed by atoms with Gasteiger partial charge in [0, 0.05) is 15.5 Å². The summed E-state index contributed by atoms with van der Waals surface area (Å²) in [6.45, 7) is 5.08. The predicted octanol–water partition coefficient (Wildman–Crippen LogP) is 5.71. The molecule has 4 bridgehead atoms. The van der Waals surface area contributed by atoms with Crippen molar-refractivity contribution in [3.63, 3.8) is 0 Å². The molecule has 114 valence electrons. The van der Waals surface area contributed by atoms with Crippen molar-refractivity contribution in [2.75, 3.05) is 7.11 Å². The van der Waals surface area contributed by atoms with Gasteiger partial charge in [-0.3, -0.25) is 0 Å². The third-order valence-electron chi connectivity index (χ3n) is 6.36. The van der Waals surface area contributed by atoms with E-state index in [1.807, 2.05) is 7.11 Å². The van der Waals surface area contributed by atoms with Gasteiger partial charge < -0.3 is 4.74 Å². The third-order valence-corrected chi connectivity index (χ3v) is 6.85. The molecule has 0 radical (unpaired) electrons. The van der Waals surface area contributed by atoms with E-state index in [1.165, 1.54) is 44.1 Å². The second-order valence-electron chi connectivity index (χ2n) is 8.75. The first-order valence-corrected chi connectivity index (χ1v) is 8.99. The van der Waals surface area contributed by atoms with Crippen molar-refractivity contribution in [3.8, 4) is 5.75 Å². The van der Waals surface area contributed by atoms with Crippen LogP contribution in [-0.4, -0.2) is 7.11 Å². The van der Waals surface area contributed by atoms with Crippen molar-refractivity contribution in [2.24, 2.45) is 16.7 Å². The van der Waals surface area contributed by atoms with Gasteiger partial charge in [-0.05, 0) is 67.4 Å². The van der Waals surface area contributed by atoms with Crippen molar-refractivity contribution in [1.82, 2.24) is 0 Å². The van der Waals surface area contributed by atoms with Crippen molar-refractivity contribution < 1.29 is 4.74 Å². The monoisotopic (exact) mass is 348 g/mol. The van der Waals surface area contributed by atoms with E-state index in [9.17, 15) is 0 Å². The summed E-state index contributed by atoms with van der Waals surface area (Å²) in [6.07, 6.45) is 8.40. The summed E-state index contributed by atoms with van der Waals surface area (Å²) in [7, 11) is 1.81. The first-order chi connectivity index (χ1) is 9.85. The van der Waals surface area contributed by atoms with Crippen molar-refractivity contribution in [3.05, 3.63) is 28.2 Å². The van der Waals surface area contributed by atoms with Gasteiger partial charge in [0.15, 0.2) is 0 Å². The maximum atomic E-state index is 5.75. The fraction of sp³-hybridized carbons (Fsp3) is 0.684. The van der Waals surface area contributed by atoms with Crippen LogP contribution < -0.4 is 4.74 Å². The van der Waals surface area contributed by atoms with Crippen LogP contribution in [0, 0.1) is 16.7 Å². The molecular weight excluding hydrogens is 324 g/mol. The minimum Gasteiger partial charge on any atom is -0.496 e. The highest BCUT2D eigenvalue weighted by Crippen LogP contribution is 2.70. The zero-order chi connectivity index (χ0) is 14.9. The van der Waals surface area contributed by atoms with Crippen LogP contribution in [0.3, 0.4) is 0 Å². The molecule has 2 atom stereocenters. The maximum Gasteiger partial charge on any atom is 0.123 e. The van der Waals surface area contributed by atoms with Crippen LogP contribution in [0.1, 0.15) is 57.9 Å². The summed E-state index contributed by atoms with van der Waals surface area (Å²) >= 11 is 3.59. The molecule has 1 aromatic carbocycles. The number of hydrogen-bond donors (Lipinski definition) is 0. The van der Waals surface area contributed by atoms with E-state index in [-0.39, 0.29) is 0 Å². The average Bonchev–Trinajstić information content (AvgIpc) is 2.33. The first kappa shape index (κ1) is 14.1. The highest BCUT2D eigenvalue weighted by molar-refractivity contribution is 9.10. The number of halogens is 1. The van der Waals surface area contributed by atoms with Gasteiger partial charge in [0.25, 0.3) is 0 Å². The number of ether oxygens (including phenoxy) is 1. The smallest absolute Gasteiger partial charge is 0.123 e. The van der Waals surface area contributed by atoms with E-state index in [2.05, 4.69) is 48.0 Å². The Hall–Kier alpha value is -0.500. The molecule has 0 aromatic heterocycles. The second kappa shape index (κ2) is 4.28. The lowest BCUT2D eigenvalue weighted by Gasteiger charge is -2.65. The SMILES string of the molecule is COc1cc(Br)ccc1C12CC3CC(C)(CC(C)(C3)C1)C2. The maximum absolute atomic E-state index is 5.75. The van der Waals surface area contributed by atoms with Crippen LogP contribution >= 0.6 is 15.9 Å². The molecular formula is C19H25BrO. The Labute approximate surface area is 136 Å². The molecule has 4 fully saturated rings. The molecule has 4 aliphatic rings. The van der Waals surface area contributed by atoms with E-state index >= 15 is 0 Å². The quantitative estimate of drug-likeness (QED) is 0.665. The molecule has 0 aliphatic heterocycles. The zero-order valence-electron chi connectivity index (χ0n) is 13.3. The molecule has 1 nitrogen and oxygen atoms in total. The Morgan fingerprint density at radius 1 is 1.05 bits per heavy atom. The highest BCUT2D eigenvalue weighted by Gasteiger charge is 2.60. The van der Waals surface area contributed by atoms with Gasteiger partial charge in [-0.2, -0.15) is 0 Å². The van der Waals surface area contributed by atoms with Crippen LogP contribution in [0.4, 0.5) is 0 Å². The number of rotatable bonds is 2. The summed E-state index contributed by atoms with van der Waals surface area (Å²) in [5, 5.41) is 0. The fourth-order valence-corrected chi connectivity index (χ4v) is 7.19. The first-order valence-electron chi connectivity index (χ1n) is 8.20. The Morgan fingerprint density at radius 3 is 2.29 bits per heavy atom. The molecule has 4 aliphatic carbocycles. The Kier molecular flexibility index (Phi) is 2.88. The van der Waals surface area contributed by atoms with E-state index in [0.29, 0.717) is 16.2 Å². The minimum atomic E-state index is 0.356. The summed E-state index contributed by atoms with van der Waals surface area (Å²) in [6, 6.07) is 6.67. The van der Waals surface area contributed by atoms with Crippen LogP contribution in [0.15, 0.2) is 22.7 Å². The molecule has 4 saturated carbocycles. The number of hydrogen-bond acceptors (Lipinski definition) is 1. The van der Waals surface area contributed by atoms with Crippen LogP contribution in [0.5, 0.6) is 5.75 Å². The van der Waals surface area contributed by atoms with Gasteiger partial charge in [-0.1, -0.05) is 35.8 Å². The summed E-state index contributed by atoms with van der Waals surface area (Å²) in [4.78, 5) is 0. The molecule has 1 aromatic rings. The largest absolute Gasteiger partial charge is 0.496 e. The topological polar surface area (TPSA) is 9.23 Å². The zero-order valence-corrected chi connectivity index (χ0v) is 14.9. The van der Waals surface area contributed by atoms with E-state index in [4.69, 9.17) is 4.74 Å². The molecule has 0 spiro atoms. The lowest BCUT2D eigenvalue weighted by Crippen LogP contribution is -2.56. The van der Waals surface area contributed by atoms with Crippen molar-refractivity contribution >= 4 is 15.9 Å².